The largest absolute Gasteiger partial charge is 0.328 e. The lowest BCUT2D eigenvalue weighted by molar-refractivity contribution is 0.264. The average Bonchev–Trinajstić information content (AvgIpc) is 2.61. The molecule has 2 saturated carbocycles. The van der Waals surface area contributed by atoms with Gasteiger partial charge in [0.2, 0.25) is 0 Å². The standard InChI is InChI=1S/C15H30N2/c1-12(13-6-4-2-3-5-7-13)17-15-10-8-14(16)9-11-15/h12-15,17H,2-11,16H2,1H3/t12-,14?,15?/m1/s1. The van der Waals surface area contributed by atoms with E-state index in [9.17, 15) is 0 Å². The molecule has 0 unspecified atom stereocenters. The maximum atomic E-state index is 5.96. The minimum Gasteiger partial charge on any atom is -0.328 e. The number of rotatable bonds is 3. The highest BCUT2D eigenvalue weighted by molar-refractivity contribution is 4.83. The van der Waals surface area contributed by atoms with Crippen LogP contribution < -0.4 is 11.1 Å². The molecule has 2 rings (SSSR count). The lowest BCUT2D eigenvalue weighted by Gasteiger charge is -2.32. The van der Waals surface area contributed by atoms with Gasteiger partial charge in [0.1, 0.15) is 0 Å². The fraction of sp³-hybridized carbons (Fsp3) is 1.00. The number of nitrogens with one attached hydrogen (secondary N) is 1. The smallest absolute Gasteiger partial charge is 0.00708 e. The lowest BCUT2D eigenvalue weighted by Crippen LogP contribution is -2.44. The molecule has 2 aliphatic rings. The van der Waals surface area contributed by atoms with Gasteiger partial charge in [-0.3, -0.25) is 0 Å². The second-order valence-corrected chi connectivity index (χ2v) is 6.32. The van der Waals surface area contributed by atoms with Crippen molar-refractivity contribution in [3.05, 3.63) is 0 Å². The highest BCUT2D eigenvalue weighted by atomic mass is 15.0. The van der Waals surface area contributed by atoms with E-state index in [1.807, 2.05) is 0 Å². The van der Waals surface area contributed by atoms with Gasteiger partial charge in [-0.25, -0.2) is 0 Å². The molecule has 0 heterocycles. The van der Waals surface area contributed by atoms with Crippen molar-refractivity contribution < 1.29 is 0 Å². The highest BCUT2D eigenvalue weighted by Crippen LogP contribution is 2.27. The third kappa shape index (κ3) is 4.26. The molecule has 0 aromatic carbocycles. The number of hydrogen-bond acceptors (Lipinski definition) is 2. The van der Waals surface area contributed by atoms with E-state index in [1.165, 1.54) is 64.2 Å². The quantitative estimate of drug-likeness (QED) is 0.741. The Balaban J connectivity index is 1.73. The Bertz CT molecular complexity index is 201. The zero-order chi connectivity index (χ0) is 12.1. The van der Waals surface area contributed by atoms with Crippen molar-refractivity contribution in [2.45, 2.75) is 89.3 Å². The summed E-state index contributed by atoms with van der Waals surface area (Å²) in [5.74, 6) is 0.924. The summed E-state index contributed by atoms with van der Waals surface area (Å²) in [5, 5.41) is 3.88. The van der Waals surface area contributed by atoms with Crippen LogP contribution in [0, 0.1) is 5.92 Å². The van der Waals surface area contributed by atoms with Crippen LogP contribution in [0.3, 0.4) is 0 Å². The molecule has 3 N–H and O–H groups in total. The van der Waals surface area contributed by atoms with Crippen LogP contribution in [0.5, 0.6) is 0 Å². The molecule has 0 aliphatic heterocycles. The topological polar surface area (TPSA) is 38.0 Å². The van der Waals surface area contributed by atoms with Gasteiger partial charge in [-0.15, -0.1) is 0 Å². The molecule has 2 nitrogen and oxygen atoms in total. The van der Waals surface area contributed by atoms with Gasteiger partial charge in [0.25, 0.3) is 0 Å². The Morgan fingerprint density at radius 3 is 2.06 bits per heavy atom. The summed E-state index contributed by atoms with van der Waals surface area (Å²) in [4.78, 5) is 0. The van der Waals surface area contributed by atoms with Gasteiger partial charge in [0.15, 0.2) is 0 Å². The Morgan fingerprint density at radius 1 is 0.882 bits per heavy atom. The van der Waals surface area contributed by atoms with Crippen molar-refractivity contribution in [1.82, 2.24) is 5.32 Å². The van der Waals surface area contributed by atoms with Crippen LogP contribution in [0.2, 0.25) is 0 Å². The number of hydrogen-bond donors (Lipinski definition) is 2. The SMILES string of the molecule is C[C@@H](NC1CCC(N)CC1)C1CCCCCC1. The molecule has 100 valence electrons. The molecule has 0 aromatic rings. The molecule has 17 heavy (non-hydrogen) atoms. The second kappa shape index (κ2) is 6.75. The maximum absolute atomic E-state index is 5.96. The first-order valence-corrected chi connectivity index (χ1v) is 7.77. The fourth-order valence-corrected chi connectivity index (χ4v) is 3.60. The normalized spacial score (nSPS) is 34.2. The van der Waals surface area contributed by atoms with Crippen LogP contribution >= 0.6 is 0 Å². The van der Waals surface area contributed by atoms with Gasteiger partial charge in [0.05, 0.1) is 0 Å². The van der Waals surface area contributed by atoms with Gasteiger partial charge >= 0.3 is 0 Å². The Hall–Kier alpha value is -0.0800. The molecule has 0 saturated heterocycles. The Morgan fingerprint density at radius 2 is 1.47 bits per heavy atom. The van der Waals surface area contributed by atoms with Crippen molar-refractivity contribution in [2.75, 3.05) is 0 Å². The Labute approximate surface area is 107 Å². The minimum absolute atomic E-state index is 0.473. The van der Waals surface area contributed by atoms with E-state index in [1.54, 1.807) is 0 Å². The van der Waals surface area contributed by atoms with Crippen molar-refractivity contribution >= 4 is 0 Å². The van der Waals surface area contributed by atoms with Gasteiger partial charge in [-0.05, 0) is 51.4 Å². The van der Waals surface area contributed by atoms with E-state index in [0.29, 0.717) is 12.1 Å². The van der Waals surface area contributed by atoms with Gasteiger partial charge in [-0.2, -0.15) is 0 Å². The van der Waals surface area contributed by atoms with Gasteiger partial charge in [0, 0.05) is 18.1 Å². The van der Waals surface area contributed by atoms with Crippen molar-refractivity contribution in [1.29, 1.82) is 0 Å². The zero-order valence-electron chi connectivity index (χ0n) is 11.5. The molecule has 2 aliphatic carbocycles. The molecule has 1 atom stereocenters. The third-order valence-corrected chi connectivity index (χ3v) is 4.88. The van der Waals surface area contributed by atoms with Gasteiger partial charge < -0.3 is 11.1 Å². The van der Waals surface area contributed by atoms with Crippen molar-refractivity contribution in [2.24, 2.45) is 11.7 Å². The van der Waals surface area contributed by atoms with E-state index in [0.717, 1.165) is 12.0 Å². The molecule has 0 radical (unpaired) electrons. The maximum Gasteiger partial charge on any atom is 0.00708 e. The van der Waals surface area contributed by atoms with E-state index >= 15 is 0 Å². The summed E-state index contributed by atoms with van der Waals surface area (Å²) in [6.07, 6.45) is 13.7. The molecule has 2 heteroatoms. The van der Waals surface area contributed by atoms with Crippen LogP contribution in [0.4, 0.5) is 0 Å². The molecular weight excluding hydrogens is 208 g/mol. The molecule has 0 amide bonds. The predicted octanol–water partition coefficient (Wildman–Crippen LogP) is 3.20. The minimum atomic E-state index is 0.473. The molecule has 0 spiro atoms. The summed E-state index contributed by atoms with van der Waals surface area (Å²) >= 11 is 0. The van der Waals surface area contributed by atoms with E-state index < -0.39 is 0 Å². The van der Waals surface area contributed by atoms with Crippen LogP contribution in [-0.4, -0.2) is 18.1 Å². The van der Waals surface area contributed by atoms with E-state index in [4.69, 9.17) is 5.73 Å². The van der Waals surface area contributed by atoms with Gasteiger partial charge in [-0.1, -0.05) is 25.7 Å². The first-order valence-electron chi connectivity index (χ1n) is 7.77. The first kappa shape index (κ1) is 13.4. The summed E-state index contributed by atoms with van der Waals surface area (Å²) in [6, 6.07) is 1.93. The summed E-state index contributed by atoms with van der Waals surface area (Å²) in [7, 11) is 0. The molecular formula is C15H30N2. The van der Waals surface area contributed by atoms with E-state index in [-0.39, 0.29) is 0 Å². The first-order chi connectivity index (χ1) is 8.25. The molecule has 2 fully saturated rings. The Kier molecular flexibility index (Phi) is 5.30. The van der Waals surface area contributed by atoms with Crippen molar-refractivity contribution in [3.8, 4) is 0 Å². The summed E-state index contributed by atoms with van der Waals surface area (Å²) < 4.78 is 0. The van der Waals surface area contributed by atoms with E-state index in [2.05, 4.69) is 12.2 Å². The lowest BCUT2D eigenvalue weighted by atomic mass is 9.88. The highest BCUT2D eigenvalue weighted by Gasteiger charge is 2.24. The van der Waals surface area contributed by atoms with Crippen LogP contribution in [0.15, 0.2) is 0 Å². The predicted molar refractivity (Wildman–Crippen MR) is 74.0 cm³/mol. The average molecular weight is 238 g/mol. The summed E-state index contributed by atoms with van der Waals surface area (Å²) in [5.41, 5.74) is 5.96. The molecule has 0 aromatic heterocycles. The molecule has 0 bridgehead atoms. The van der Waals surface area contributed by atoms with Crippen LogP contribution in [-0.2, 0) is 0 Å². The zero-order valence-corrected chi connectivity index (χ0v) is 11.5. The second-order valence-electron chi connectivity index (χ2n) is 6.32. The van der Waals surface area contributed by atoms with Crippen LogP contribution in [0.1, 0.15) is 71.1 Å². The monoisotopic (exact) mass is 238 g/mol. The van der Waals surface area contributed by atoms with Crippen LogP contribution in [0.25, 0.3) is 0 Å². The summed E-state index contributed by atoms with van der Waals surface area (Å²) in [6.45, 7) is 2.41. The number of nitrogens with two attached hydrogens (primary N) is 1. The fourth-order valence-electron chi connectivity index (χ4n) is 3.60. The third-order valence-electron chi connectivity index (χ3n) is 4.88. The van der Waals surface area contributed by atoms with Crippen molar-refractivity contribution in [3.63, 3.8) is 0 Å².